The minimum atomic E-state index is 0.478. The lowest BCUT2D eigenvalue weighted by molar-refractivity contribution is 0.395. The summed E-state index contributed by atoms with van der Waals surface area (Å²) in [4.78, 5) is 13.9. The van der Waals surface area contributed by atoms with Crippen LogP contribution in [-0.4, -0.2) is 50.4 Å². The van der Waals surface area contributed by atoms with Crippen molar-refractivity contribution >= 4 is 56.0 Å². The Morgan fingerprint density at radius 1 is 1.10 bits per heavy atom. The van der Waals surface area contributed by atoms with Gasteiger partial charge in [0.2, 0.25) is 0 Å². The van der Waals surface area contributed by atoms with E-state index in [1.54, 1.807) is 31.0 Å². The van der Waals surface area contributed by atoms with Crippen molar-refractivity contribution in [1.82, 2.24) is 24.6 Å². The molecule has 0 aliphatic heterocycles. The van der Waals surface area contributed by atoms with Crippen molar-refractivity contribution in [1.29, 1.82) is 0 Å². The van der Waals surface area contributed by atoms with Gasteiger partial charge in [0.15, 0.2) is 22.3 Å². The summed E-state index contributed by atoms with van der Waals surface area (Å²) < 4.78 is 12.7. The Morgan fingerprint density at radius 2 is 1.93 bits per heavy atom. The summed E-state index contributed by atoms with van der Waals surface area (Å²) in [5.41, 5.74) is 2.93. The molecule has 0 N–H and O–H groups in total. The monoisotopic (exact) mass is 507 g/mol. The molecule has 0 radical (unpaired) electrons. The van der Waals surface area contributed by atoms with E-state index in [0.717, 1.165) is 40.5 Å². The molecule has 0 atom stereocenters. The zero-order valence-electron chi connectivity index (χ0n) is 16.6. The van der Waals surface area contributed by atoms with E-state index in [0.29, 0.717) is 33.0 Å². The van der Waals surface area contributed by atoms with Gasteiger partial charge in [-0.25, -0.2) is 15.0 Å². The molecular formula is C20H19BrClN5O2S. The number of fused-ring (bicyclic) bond motifs is 3. The summed E-state index contributed by atoms with van der Waals surface area (Å²) in [6, 6.07) is 5.61. The lowest BCUT2D eigenvalue weighted by atomic mass is 10.0. The molecule has 0 amide bonds. The van der Waals surface area contributed by atoms with Gasteiger partial charge in [-0.15, -0.1) is 5.10 Å². The number of benzene rings is 1. The average molecular weight is 509 g/mol. The summed E-state index contributed by atoms with van der Waals surface area (Å²) in [7, 11) is 3.18. The number of ether oxygens (including phenoxy) is 2. The van der Waals surface area contributed by atoms with Crippen LogP contribution >= 0.6 is 39.3 Å². The van der Waals surface area contributed by atoms with Crippen molar-refractivity contribution in [2.45, 2.75) is 18.0 Å². The van der Waals surface area contributed by atoms with Crippen molar-refractivity contribution in [2.24, 2.45) is 0 Å². The van der Waals surface area contributed by atoms with E-state index < -0.39 is 0 Å². The molecule has 3 aromatic heterocycles. The van der Waals surface area contributed by atoms with Gasteiger partial charge in [-0.3, -0.25) is 0 Å². The van der Waals surface area contributed by atoms with Crippen LogP contribution in [0.15, 0.2) is 29.6 Å². The maximum atomic E-state index is 6.68. The highest BCUT2D eigenvalue weighted by Gasteiger charge is 2.20. The van der Waals surface area contributed by atoms with Crippen LogP contribution in [0.25, 0.3) is 27.8 Å². The van der Waals surface area contributed by atoms with Crippen molar-refractivity contribution in [3.8, 4) is 22.6 Å². The molecule has 3 heterocycles. The van der Waals surface area contributed by atoms with Crippen molar-refractivity contribution in [3.05, 3.63) is 35.2 Å². The number of pyridine rings is 1. The topological polar surface area (TPSA) is 74.4 Å². The maximum absolute atomic E-state index is 6.68. The van der Waals surface area contributed by atoms with E-state index in [1.165, 1.54) is 11.8 Å². The van der Waals surface area contributed by atoms with E-state index in [1.807, 2.05) is 18.4 Å². The number of halogens is 2. The number of hydrogen-bond donors (Lipinski definition) is 0. The molecule has 4 rings (SSSR count). The molecule has 30 heavy (non-hydrogen) atoms. The van der Waals surface area contributed by atoms with Crippen LogP contribution in [0, 0.1) is 0 Å². The molecule has 0 saturated heterocycles. The predicted octanol–water partition coefficient (Wildman–Crippen LogP) is 5.06. The Kier molecular flexibility index (Phi) is 6.31. The molecule has 156 valence electrons. The van der Waals surface area contributed by atoms with Crippen LogP contribution < -0.4 is 9.47 Å². The molecule has 0 saturated carbocycles. The van der Waals surface area contributed by atoms with Gasteiger partial charge in [-0.05, 0) is 24.8 Å². The van der Waals surface area contributed by atoms with Crippen molar-refractivity contribution in [2.75, 3.05) is 25.8 Å². The number of nitrogens with zero attached hydrogens (tertiary/aromatic N) is 5. The third-order valence-electron chi connectivity index (χ3n) is 4.64. The van der Waals surface area contributed by atoms with Gasteiger partial charge in [0, 0.05) is 40.5 Å². The highest BCUT2D eigenvalue weighted by Crippen LogP contribution is 2.41. The smallest absolute Gasteiger partial charge is 0.189 e. The quantitative estimate of drug-likeness (QED) is 0.196. The number of rotatable bonds is 7. The first kappa shape index (κ1) is 21.1. The van der Waals surface area contributed by atoms with E-state index in [9.17, 15) is 0 Å². The van der Waals surface area contributed by atoms with Crippen LogP contribution in [0.2, 0.25) is 5.02 Å². The average Bonchev–Trinajstić information content (AvgIpc) is 3.21. The van der Waals surface area contributed by atoms with Gasteiger partial charge in [-0.2, -0.15) is 4.52 Å². The number of alkyl halides is 1. The molecule has 0 fully saturated rings. The number of aryl methyl sites for hydroxylation is 1. The fourth-order valence-electron chi connectivity index (χ4n) is 3.20. The molecule has 0 bridgehead atoms. The number of aromatic nitrogens is 5. The van der Waals surface area contributed by atoms with Crippen LogP contribution in [0.4, 0.5) is 0 Å². The van der Waals surface area contributed by atoms with Gasteiger partial charge >= 0.3 is 0 Å². The molecule has 0 spiro atoms. The van der Waals surface area contributed by atoms with Crippen molar-refractivity contribution < 1.29 is 9.47 Å². The van der Waals surface area contributed by atoms with Gasteiger partial charge in [0.25, 0.3) is 0 Å². The molecule has 1 aromatic carbocycles. The molecule has 4 aromatic rings. The fraction of sp³-hybridized carbons (Fsp3) is 0.300. The summed E-state index contributed by atoms with van der Waals surface area (Å²) in [6.07, 6.45) is 5.42. The summed E-state index contributed by atoms with van der Waals surface area (Å²) >= 11 is 11.6. The standard InChI is InChI=1S/C20H19BrClN5O2S/c1-28-12-8-13(17(22)15(9-12)29-2)14-7-11-10-23-20(30-3)25-18(11)27-19(14)24-16(26-27)5-4-6-21/h7-10H,4-6H2,1-3H3. The highest BCUT2D eigenvalue weighted by molar-refractivity contribution is 9.09. The molecule has 0 aliphatic rings. The van der Waals surface area contributed by atoms with Crippen LogP contribution in [-0.2, 0) is 6.42 Å². The van der Waals surface area contributed by atoms with E-state index in [-0.39, 0.29) is 0 Å². The van der Waals surface area contributed by atoms with Crippen LogP contribution in [0.5, 0.6) is 11.5 Å². The van der Waals surface area contributed by atoms with Gasteiger partial charge in [0.1, 0.15) is 11.5 Å². The van der Waals surface area contributed by atoms with Gasteiger partial charge < -0.3 is 9.47 Å². The summed E-state index contributed by atoms with van der Waals surface area (Å²) in [5, 5.41) is 7.61. The van der Waals surface area contributed by atoms with Crippen molar-refractivity contribution in [3.63, 3.8) is 0 Å². The van der Waals surface area contributed by atoms with E-state index in [2.05, 4.69) is 25.9 Å². The SMILES string of the molecule is COc1cc(OC)c(Cl)c(-c2cc3cnc(SC)nc3n3nc(CCCBr)nc23)c1. The minimum absolute atomic E-state index is 0.478. The Balaban J connectivity index is 2.05. The Hall–Kier alpha value is -2.10. The lowest BCUT2D eigenvalue weighted by Crippen LogP contribution is -1.99. The molecular weight excluding hydrogens is 490 g/mol. The first-order valence-electron chi connectivity index (χ1n) is 9.16. The highest BCUT2D eigenvalue weighted by atomic mass is 79.9. The number of hydrogen-bond acceptors (Lipinski definition) is 7. The zero-order chi connectivity index (χ0) is 21.3. The maximum Gasteiger partial charge on any atom is 0.189 e. The largest absolute Gasteiger partial charge is 0.497 e. The first-order chi connectivity index (χ1) is 14.6. The second-order valence-electron chi connectivity index (χ2n) is 6.44. The van der Waals surface area contributed by atoms with Gasteiger partial charge in [-0.1, -0.05) is 39.3 Å². The number of methoxy groups -OCH3 is 2. The van der Waals surface area contributed by atoms with Gasteiger partial charge in [0.05, 0.1) is 19.2 Å². The minimum Gasteiger partial charge on any atom is -0.497 e. The normalized spacial score (nSPS) is 11.4. The third kappa shape index (κ3) is 3.81. The van der Waals surface area contributed by atoms with Crippen LogP contribution in [0.3, 0.4) is 0 Å². The molecule has 10 heteroatoms. The zero-order valence-corrected chi connectivity index (χ0v) is 19.8. The second kappa shape index (κ2) is 8.95. The summed E-state index contributed by atoms with van der Waals surface area (Å²) in [6.45, 7) is 0. The second-order valence-corrected chi connectivity index (χ2v) is 8.39. The predicted molar refractivity (Wildman–Crippen MR) is 124 cm³/mol. The Labute approximate surface area is 191 Å². The molecule has 0 unspecified atom stereocenters. The van der Waals surface area contributed by atoms with E-state index >= 15 is 0 Å². The first-order valence-corrected chi connectivity index (χ1v) is 11.9. The Bertz CT molecular complexity index is 1230. The molecule has 0 aliphatic carbocycles. The van der Waals surface area contributed by atoms with Crippen LogP contribution in [0.1, 0.15) is 12.2 Å². The molecule has 7 nitrogen and oxygen atoms in total. The van der Waals surface area contributed by atoms with E-state index in [4.69, 9.17) is 31.2 Å². The summed E-state index contributed by atoms with van der Waals surface area (Å²) in [5.74, 6) is 1.91. The third-order valence-corrected chi connectivity index (χ3v) is 6.15. The lowest BCUT2D eigenvalue weighted by Gasteiger charge is -2.13. The fourth-order valence-corrected chi connectivity index (χ4v) is 4.10. The number of thioether (sulfide) groups is 1. The Morgan fingerprint density at radius 3 is 2.63 bits per heavy atom.